The largest absolute Gasteiger partial charge is 0.391 e. The van der Waals surface area contributed by atoms with E-state index >= 15 is 0 Å². The van der Waals surface area contributed by atoms with Gasteiger partial charge in [-0.25, -0.2) is 8.78 Å². The maximum atomic E-state index is 13.4. The fourth-order valence-corrected chi connectivity index (χ4v) is 1.22. The Morgan fingerprint density at radius 1 is 1.53 bits per heavy atom. The summed E-state index contributed by atoms with van der Waals surface area (Å²) in [6, 6.07) is 1.56. The van der Waals surface area contributed by atoms with Gasteiger partial charge in [-0.15, -0.1) is 0 Å². The molecule has 1 atom stereocenters. The van der Waals surface area contributed by atoms with Crippen molar-refractivity contribution < 1.29 is 18.8 Å². The number of nitrogens with one attached hydrogen (secondary N) is 1. The summed E-state index contributed by atoms with van der Waals surface area (Å²) in [6.07, 6.45) is -0.380. The Hall–Kier alpha value is -1.76. The van der Waals surface area contributed by atoms with Crippen molar-refractivity contribution in [2.45, 2.75) is 19.4 Å². The lowest BCUT2D eigenvalue weighted by Crippen LogP contribution is -2.19. The first-order chi connectivity index (χ1) is 7.97. The summed E-state index contributed by atoms with van der Waals surface area (Å²) in [5, 5.41) is 22.2. The molecule has 0 bridgehead atoms. The molecular weight excluding hydrogens is 234 g/mol. The van der Waals surface area contributed by atoms with E-state index in [1.165, 1.54) is 0 Å². The lowest BCUT2D eigenvalue weighted by Gasteiger charge is -2.11. The molecule has 0 radical (unpaired) electrons. The van der Waals surface area contributed by atoms with Gasteiger partial charge in [0.25, 0.3) is 5.69 Å². The smallest absolute Gasteiger partial charge is 0.295 e. The van der Waals surface area contributed by atoms with Gasteiger partial charge >= 0.3 is 0 Å². The van der Waals surface area contributed by atoms with E-state index in [1.54, 1.807) is 6.92 Å². The van der Waals surface area contributed by atoms with Crippen LogP contribution < -0.4 is 5.32 Å². The van der Waals surface area contributed by atoms with Crippen LogP contribution >= 0.6 is 0 Å². The second-order valence-corrected chi connectivity index (χ2v) is 3.46. The number of benzene rings is 1. The highest BCUT2D eigenvalue weighted by molar-refractivity contribution is 5.62. The van der Waals surface area contributed by atoms with Crippen LogP contribution in [0.25, 0.3) is 0 Å². The molecule has 1 aromatic rings. The van der Waals surface area contributed by atoms with Crippen molar-refractivity contribution >= 4 is 11.4 Å². The van der Waals surface area contributed by atoms with Crippen LogP contribution in [0.5, 0.6) is 0 Å². The highest BCUT2D eigenvalue weighted by atomic mass is 19.2. The van der Waals surface area contributed by atoms with E-state index in [9.17, 15) is 24.0 Å². The lowest BCUT2D eigenvalue weighted by molar-refractivity contribution is -0.384. The standard InChI is InChI=1S/C10H12F2N2O3/c1-2-6(15)5-13-10-8(14(16)17)4-3-7(11)9(10)12/h3-4,6,13,15H,2,5H2,1H3. The van der Waals surface area contributed by atoms with Crippen LogP contribution in [-0.2, 0) is 0 Å². The van der Waals surface area contributed by atoms with Gasteiger partial charge < -0.3 is 10.4 Å². The van der Waals surface area contributed by atoms with Gasteiger partial charge in [-0.3, -0.25) is 10.1 Å². The molecule has 0 saturated carbocycles. The second-order valence-electron chi connectivity index (χ2n) is 3.46. The van der Waals surface area contributed by atoms with Crippen LogP contribution in [-0.4, -0.2) is 22.7 Å². The number of aliphatic hydroxyl groups excluding tert-OH is 1. The lowest BCUT2D eigenvalue weighted by atomic mass is 10.2. The molecule has 0 fully saturated rings. The fourth-order valence-electron chi connectivity index (χ4n) is 1.22. The second kappa shape index (κ2) is 5.53. The molecule has 0 spiro atoms. The van der Waals surface area contributed by atoms with Crippen LogP contribution in [0, 0.1) is 21.7 Å². The third-order valence-electron chi connectivity index (χ3n) is 2.26. The SMILES string of the molecule is CCC(O)CNc1c([N+](=O)[O-])ccc(F)c1F. The van der Waals surface area contributed by atoms with E-state index in [0.29, 0.717) is 12.5 Å². The number of nitro groups is 1. The molecule has 94 valence electrons. The maximum absolute atomic E-state index is 13.4. The molecule has 5 nitrogen and oxygen atoms in total. The molecule has 0 aliphatic heterocycles. The zero-order chi connectivity index (χ0) is 13.0. The molecular formula is C10H12F2N2O3. The predicted octanol–water partition coefficient (Wildman–Crippen LogP) is 2.06. The van der Waals surface area contributed by atoms with E-state index in [-0.39, 0.29) is 6.54 Å². The Morgan fingerprint density at radius 2 is 2.18 bits per heavy atom. The third-order valence-corrected chi connectivity index (χ3v) is 2.26. The summed E-state index contributed by atoms with van der Waals surface area (Å²) >= 11 is 0. The van der Waals surface area contributed by atoms with Crippen LogP contribution in [0.4, 0.5) is 20.2 Å². The third kappa shape index (κ3) is 3.10. The van der Waals surface area contributed by atoms with Gasteiger partial charge in [0, 0.05) is 12.6 Å². The van der Waals surface area contributed by atoms with Gasteiger partial charge in [0.1, 0.15) is 0 Å². The summed E-state index contributed by atoms with van der Waals surface area (Å²) in [5.74, 6) is -2.49. The first-order valence-electron chi connectivity index (χ1n) is 5.01. The Bertz CT molecular complexity index is 426. The maximum Gasteiger partial charge on any atom is 0.295 e. The molecule has 17 heavy (non-hydrogen) atoms. The zero-order valence-corrected chi connectivity index (χ0v) is 9.11. The minimum Gasteiger partial charge on any atom is -0.391 e. The molecule has 0 amide bonds. The van der Waals surface area contributed by atoms with Crippen LogP contribution in [0.3, 0.4) is 0 Å². The highest BCUT2D eigenvalue weighted by Gasteiger charge is 2.21. The summed E-state index contributed by atoms with van der Waals surface area (Å²) in [4.78, 5) is 9.80. The van der Waals surface area contributed by atoms with Crippen LogP contribution in [0.1, 0.15) is 13.3 Å². The molecule has 1 rings (SSSR count). The molecule has 0 aliphatic rings. The van der Waals surface area contributed by atoms with E-state index in [4.69, 9.17) is 0 Å². The molecule has 0 aromatic heterocycles. The van der Waals surface area contributed by atoms with E-state index in [1.807, 2.05) is 0 Å². The monoisotopic (exact) mass is 246 g/mol. The molecule has 0 aliphatic carbocycles. The van der Waals surface area contributed by atoms with Gasteiger partial charge in [0.05, 0.1) is 11.0 Å². The van der Waals surface area contributed by atoms with Crippen LogP contribution in [0.2, 0.25) is 0 Å². The number of aliphatic hydroxyl groups is 1. The van der Waals surface area contributed by atoms with Crippen LogP contribution in [0.15, 0.2) is 12.1 Å². The van der Waals surface area contributed by atoms with Gasteiger partial charge in [-0.2, -0.15) is 0 Å². The van der Waals surface area contributed by atoms with Crippen molar-refractivity contribution in [2.24, 2.45) is 0 Å². The predicted molar refractivity (Wildman–Crippen MR) is 57.8 cm³/mol. The summed E-state index contributed by atoms with van der Waals surface area (Å²) < 4.78 is 26.3. The Labute approximate surface area is 96.2 Å². The average Bonchev–Trinajstić information content (AvgIpc) is 2.30. The Kier molecular flexibility index (Phi) is 4.33. The Balaban J connectivity index is 3.02. The van der Waals surface area contributed by atoms with Crippen molar-refractivity contribution in [1.82, 2.24) is 0 Å². The summed E-state index contributed by atoms with van der Waals surface area (Å²) in [5.41, 5.74) is -1.10. The van der Waals surface area contributed by atoms with Gasteiger partial charge in [0.2, 0.25) is 0 Å². The zero-order valence-electron chi connectivity index (χ0n) is 9.11. The number of rotatable bonds is 5. The first kappa shape index (κ1) is 13.3. The number of halogens is 2. The molecule has 1 aromatic carbocycles. The fraction of sp³-hybridized carbons (Fsp3) is 0.400. The van der Waals surface area contributed by atoms with Gasteiger partial charge in [-0.1, -0.05) is 6.92 Å². The van der Waals surface area contributed by atoms with E-state index in [2.05, 4.69) is 5.32 Å². The van der Waals surface area contributed by atoms with Crippen molar-refractivity contribution in [3.8, 4) is 0 Å². The molecule has 2 N–H and O–H groups in total. The summed E-state index contributed by atoms with van der Waals surface area (Å²) in [6.45, 7) is 1.61. The molecule has 1 unspecified atom stereocenters. The number of nitro benzene ring substituents is 1. The Morgan fingerprint density at radius 3 is 2.71 bits per heavy atom. The van der Waals surface area contributed by atoms with E-state index in [0.717, 1.165) is 6.07 Å². The number of nitrogens with zero attached hydrogens (tertiary/aromatic N) is 1. The molecule has 0 heterocycles. The average molecular weight is 246 g/mol. The van der Waals surface area contributed by atoms with Gasteiger partial charge in [0.15, 0.2) is 17.3 Å². The highest BCUT2D eigenvalue weighted by Crippen LogP contribution is 2.28. The quantitative estimate of drug-likeness (QED) is 0.616. The number of hydrogen-bond donors (Lipinski definition) is 2. The minimum absolute atomic E-state index is 0.0856. The van der Waals surface area contributed by atoms with E-state index < -0.39 is 34.0 Å². The van der Waals surface area contributed by atoms with Crippen molar-refractivity contribution in [3.63, 3.8) is 0 Å². The van der Waals surface area contributed by atoms with Gasteiger partial charge in [-0.05, 0) is 12.5 Å². The van der Waals surface area contributed by atoms with Crippen molar-refractivity contribution in [1.29, 1.82) is 0 Å². The van der Waals surface area contributed by atoms with Crippen molar-refractivity contribution in [3.05, 3.63) is 33.9 Å². The summed E-state index contributed by atoms with van der Waals surface area (Å²) in [7, 11) is 0. The minimum atomic E-state index is -1.32. The number of hydrogen-bond acceptors (Lipinski definition) is 4. The first-order valence-corrected chi connectivity index (χ1v) is 5.01. The number of anilines is 1. The molecule has 7 heteroatoms. The topological polar surface area (TPSA) is 75.4 Å². The molecule has 0 saturated heterocycles. The normalized spacial score (nSPS) is 12.2. The van der Waals surface area contributed by atoms with Crippen molar-refractivity contribution in [2.75, 3.05) is 11.9 Å².